The summed E-state index contributed by atoms with van der Waals surface area (Å²) in [5.74, 6) is 0.341. The van der Waals surface area contributed by atoms with E-state index in [1.807, 2.05) is 84.9 Å². The summed E-state index contributed by atoms with van der Waals surface area (Å²) < 4.78 is 7.77. The van der Waals surface area contributed by atoms with Gasteiger partial charge in [0, 0.05) is 31.2 Å². The van der Waals surface area contributed by atoms with Crippen LogP contribution in [0.25, 0.3) is 6.08 Å². The summed E-state index contributed by atoms with van der Waals surface area (Å²) in [5, 5.41) is 7.21. The molecule has 0 bridgehead atoms. The molecule has 0 aliphatic carbocycles. The summed E-state index contributed by atoms with van der Waals surface area (Å²) in [6.45, 7) is 0.218. The van der Waals surface area contributed by atoms with Crippen molar-refractivity contribution in [3.63, 3.8) is 0 Å². The van der Waals surface area contributed by atoms with Crippen LogP contribution in [-0.2, 0) is 11.4 Å². The Hall–Kier alpha value is -2.90. The Kier molecular flexibility index (Phi) is 7.81. The first kappa shape index (κ1) is 25.7. The van der Waals surface area contributed by atoms with Crippen LogP contribution in [0.4, 0.5) is 5.69 Å². The molecule has 0 N–H and O–H groups in total. The van der Waals surface area contributed by atoms with E-state index in [1.54, 1.807) is 12.1 Å². The van der Waals surface area contributed by atoms with Crippen molar-refractivity contribution in [3.8, 4) is 5.75 Å². The molecule has 1 amide bonds. The molecule has 4 aromatic carbocycles. The van der Waals surface area contributed by atoms with Gasteiger partial charge in [-0.3, -0.25) is 4.79 Å². The van der Waals surface area contributed by atoms with Gasteiger partial charge >= 0.3 is 0 Å². The van der Waals surface area contributed by atoms with Crippen molar-refractivity contribution in [1.82, 2.24) is 0 Å². The van der Waals surface area contributed by atoms with E-state index in [2.05, 4.69) is 31.9 Å². The highest BCUT2D eigenvalue weighted by molar-refractivity contribution is 9.11. The van der Waals surface area contributed by atoms with E-state index in [4.69, 9.17) is 33.0 Å². The fourth-order valence-corrected chi connectivity index (χ4v) is 5.72. The van der Waals surface area contributed by atoms with Crippen molar-refractivity contribution in [2.45, 2.75) is 6.61 Å². The van der Waals surface area contributed by atoms with Crippen LogP contribution in [0, 0.1) is 0 Å². The molecule has 1 heterocycles. The van der Waals surface area contributed by atoms with Gasteiger partial charge < -0.3 is 4.74 Å². The zero-order valence-electron chi connectivity index (χ0n) is 19.2. The van der Waals surface area contributed by atoms with Crippen LogP contribution < -0.4 is 9.75 Å². The maximum atomic E-state index is 13.7. The van der Waals surface area contributed by atoms with Crippen LogP contribution in [0.3, 0.4) is 0 Å². The van der Waals surface area contributed by atoms with E-state index in [-0.39, 0.29) is 12.5 Å². The van der Waals surface area contributed by atoms with Crippen LogP contribution in [0.5, 0.6) is 5.75 Å². The van der Waals surface area contributed by atoms with Gasteiger partial charge in [0.1, 0.15) is 18.1 Å². The van der Waals surface area contributed by atoms with E-state index in [0.717, 1.165) is 20.1 Å². The lowest BCUT2D eigenvalue weighted by Crippen LogP contribution is -2.21. The fraction of sp³-hybridized carbons (Fsp3) is 0.0345. The van der Waals surface area contributed by atoms with Crippen molar-refractivity contribution in [1.29, 1.82) is 0 Å². The minimum Gasteiger partial charge on any atom is -0.487 e. The van der Waals surface area contributed by atoms with Crippen molar-refractivity contribution in [2.24, 2.45) is 5.10 Å². The van der Waals surface area contributed by atoms with E-state index >= 15 is 0 Å². The quantitative estimate of drug-likeness (QED) is 0.195. The SMILES string of the molecule is O=C1/C(=C\c2cc(Br)cc(Br)c2OCc2ccc(Cl)cc2Cl)C(c2ccccc2)=NN1c1ccccc1. The number of carbonyl (C=O) groups is 1. The topological polar surface area (TPSA) is 41.9 Å². The number of carbonyl (C=O) groups excluding carboxylic acids is 1. The van der Waals surface area contributed by atoms with Gasteiger partial charge in [0.2, 0.25) is 0 Å². The van der Waals surface area contributed by atoms with Gasteiger partial charge in [0.15, 0.2) is 0 Å². The molecule has 0 aromatic heterocycles. The first-order valence-electron chi connectivity index (χ1n) is 11.2. The molecule has 0 unspecified atom stereocenters. The second-order valence-electron chi connectivity index (χ2n) is 8.16. The van der Waals surface area contributed by atoms with E-state index in [0.29, 0.717) is 38.3 Å². The number of amides is 1. The summed E-state index contributed by atoms with van der Waals surface area (Å²) in [5.41, 5.74) is 4.05. The Bertz CT molecular complexity index is 1540. The molecule has 5 rings (SSSR count). The highest BCUT2D eigenvalue weighted by Gasteiger charge is 2.32. The monoisotopic (exact) mass is 654 g/mol. The van der Waals surface area contributed by atoms with E-state index in [1.165, 1.54) is 5.01 Å². The van der Waals surface area contributed by atoms with Crippen molar-refractivity contribution >= 4 is 78.4 Å². The second kappa shape index (κ2) is 11.2. The Morgan fingerprint density at radius 3 is 2.30 bits per heavy atom. The molecule has 0 atom stereocenters. The number of rotatable bonds is 6. The molecule has 0 fully saturated rings. The number of anilines is 1. The minimum absolute atomic E-state index is 0.218. The van der Waals surface area contributed by atoms with Crippen LogP contribution in [0.15, 0.2) is 111 Å². The predicted molar refractivity (Wildman–Crippen MR) is 158 cm³/mol. The number of para-hydroxylation sites is 1. The number of ether oxygens (including phenoxy) is 1. The molecule has 4 nitrogen and oxygen atoms in total. The molecular weight excluding hydrogens is 639 g/mol. The predicted octanol–water partition coefficient (Wildman–Crippen LogP) is 8.93. The standard InChI is InChI=1S/C29H18Br2Cl2N2O2/c30-21-13-20(28(25(31)15-21)37-17-19-11-12-22(32)16-26(19)33)14-24-27(18-7-3-1-4-8-18)34-35(29(24)36)23-9-5-2-6-10-23/h1-16H,17H2/b24-14-. The maximum Gasteiger partial charge on any atom is 0.281 e. The third kappa shape index (κ3) is 5.68. The fourth-order valence-electron chi connectivity index (χ4n) is 3.88. The number of benzene rings is 4. The Morgan fingerprint density at radius 1 is 0.892 bits per heavy atom. The largest absolute Gasteiger partial charge is 0.487 e. The molecule has 1 aliphatic heterocycles. The van der Waals surface area contributed by atoms with Crippen molar-refractivity contribution < 1.29 is 9.53 Å². The summed E-state index contributed by atoms with van der Waals surface area (Å²) in [7, 11) is 0. The molecule has 0 radical (unpaired) electrons. The zero-order chi connectivity index (χ0) is 25.9. The normalized spacial score (nSPS) is 14.3. The first-order chi connectivity index (χ1) is 17.9. The van der Waals surface area contributed by atoms with Gasteiger partial charge in [-0.25, -0.2) is 0 Å². The molecular formula is C29H18Br2Cl2N2O2. The van der Waals surface area contributed by atoms with Crippen LogP contribution in [0.2, 0.25) is 10.0 Å². The molecule has 0 saturated carbocycles. The van der Waals surface area contributed by atoms with Crippen LogP contribution in [0.1, 0.15) is 16.7 Å². The molecule has 4 aromatic rings. The molecule has 1 aliphatic rings. The number of nitrogens with zero attached hydrogens (tertiary/aromatic N) is 2. The number of halogens is 4. The van der Waals surface area contributed by atoms with Crippen LogP contribution >= 0.6 is 55.1 Å². The van der Waals surface area contributed by atoms with Gasteiger partial charge in [-0.05, 0) is 58.4 Å². The highest BCUT2D eigenvalue weighted by atomic mass is 79.9. The maximum absolute atomic E-state index is 13.7. The third-order valence-electron chi connectivity index (χ3n) is 5.65. The zero-order valence-corrected chi connectivity index (χ0v) is 23.9. The average molecular weight is 657 g/mol. The number of hydrazone groups is 1. The van der Waals surface area contributed by atoms with Gasteiger partial charge in [-0.2, -0.15) is 10.1 Å². The molecule has 0 saturated heterocycles. The van der Waals surface area contributed by atoms with Crippen molar-refractivity contribution in [3.05, 3.63) is 132 Å². The lowest BCUT2D eigenvalue weighted by Gasteiger charge is -2.14. The minimum atomic E-state index is -0.229. The smallest absolute Gasteiger partial charge is 0.281 e. The van der Waals surface area contributed by atoms with E-state index in [9.17, 15) is 4.79 Å². The highest BCUT2D eigenvalue weighted by Crippen LogP contribution is 2.37. The Balaban J connectivity index is 1.57. The first-order valence-corrected chi connectivity index (χ1v) is 13.6. The lowest BCUT2D eigenvalue weighted by atomic mass is 10.00. The lowest BCUT2D eigenvalue weighted by molar-refractivity contribution is -0.114. The van der Waals surface area contributed by atoms with Crippen molar-refractivity contribution in [2.75, 3.05) is 5.01 Å². The Labute approximate surface area is 241 Å². The molecule has 0 spiro atoms. The molecule has 184 valence electrons. The van der Waals surface area contributed by atoms with Gasteiger partial charge in [0.05, 0.1) is 15.7 Å². The summed E-state index contributed by atoms with van der Waals surface area (Å²) in [4.78, 5) is 13.7. The third-order valence-corrected chi connectivity index (χ3v) is 7.28. The molecule has 37 heavy (non-hydrogen) atoms. The van der Waals surface area contributed by atoms with Crippen LogP contribution in [-0.4, -0.2) is 11.6 Å². The average Bonchev–Trinajstić information content (AvgIpc) is 3.21. The van der Waals surface area contributed by atoms with Gasteiger partial charge in [0.25, 0.3) is 5.91 Å². The van der Waals surface area contributed by atoms with Gasteiger partial charge in [-0.1, -0.05) is 93.7 Å². The second-order valence-corrected chi connectivity index (χ2v) is 10.8. The summed E-state index contributed by atoms with van der Waals surface area (Å²) in [6, 6.07) is 28.1. The molecule has 8 heteroatoms. The van der Waals surface area contributed by atoms with E-state index < -0.39 is 0 Å². The number of hydrogen-bond acceptors (Lipinski definition) is 3. The Morgan fingerprint density at radius 2 is 1.59 bits per heavy atom. The summed E-state index contributed by atoms with van der Waals surface area (Å²) in [6.07, 6.45) is 1.81. The van der Waals surface area contributed by atoms with Gasteiger partial charge in [-0.15, -0.1) is 0 Å². The summed E-state index contributed by atoms with van der Waals surface area (Å²) >= 11 is 19.6. The number of hydrogen-bond donors (Lipinski definition) is 0.